The monoisotopic (exact) mass is 265 g/mol. The summed E-state index contributed by atoms with van der Waals surface area (Å²) in [6.45, 7) is 7.10. The minimum atomic E-state index is -0.0507. The van der Waals surface area contributed by atoms with Crippen molar-refractivity contribution < 1.29 is 4.79 Å². The number of hydrogen-bond donors (Lipinski definition) is 0. The third-order valence-corrected chi connectivity index (χ3v) is 4.24. The fraction of sp³-hybridized carbons (Fsp3) is 0.889. The van der Waals surface area contributed by atoms with Crippen LogP contribution in [-0.4, -0.2) is 39.2 Å². The molecule has 0 aromatic rings. The molecule has 2 nitrogen and oxygen atoms in total. The molecule has 0 saturated carbocycles. The molecule has 1 heterocycles. The molecule has 13 heavy (non-hydrogen) atoms. The summed E-state index contributed by atoms with van der Waals surface area (Å²) in [6.07, 6.45) is 0. The first-order valence-electron chi connectivity index (χ1n) is 4.60. The van der Waals surface area contributed by atoms with E-state index in [2.05, 4.69) is 29.8 Å². The Balaban J connectivity index is 2.62. The van der Waals surface area contributed by atoms with Crippen LogP contribution in [-0.2, 0) is 4.79 Å². The van der Waals surface area contributed by atoms with E-state index in [0.717, 1.165) is 12.3 Å². The molecule has 1 aliphatic rings. The number of alkyl halides is 1. The van der Waals surface area contributed by atoms with E-state index in [1.165, 1.54) is 0 Å². The van der Waals surface area contributed by atoms with Crippen LogP contribution in [0, 0.1) is 0 Å². The molecule has 1 saturated heterocycles. The highest BCUT2D eigenvalue weighted by Gasteiger charge is 2.30. The van der Waals surface area contributed by atoms with Gasteiger partial charge in [0.15, 0.2) is 0 Å². The number of carbonyl (C=O) groups is 1. The highest BCUT2D eigenvalue weighted by molar-refractivity contribution is 9.10. The lowest BCUT2D eigenvalue weighted by molar-refractivity contribution is -0.132. The molecule has 1 fully saturated rings. The van der Waals surface area contributed by atoms with Crippen molar-refractivity contribution in [2.75, 3.05) is 12.3 Å². The Hall–Kier alpha value is 0.300. The third-order valence-electron chi connectivity index (χ3n) is 2.51. The Labute approximate surface area is 92.6 Å². The lowest BCUT2D eigenvalue weighted by atomic mass is 10.2. The van der Waals surface area contributed by atoms with Crippen molar-refractivity contribution in [2.24, 2.45) is 0 Å². The van der Waals surface area contributed by atoms with E-state index >= 15 is 0 Å². The predicted molar refractivity (Wildman–Crippen MR) is 61.5 cm³/mol. The average molecular weight is 266 g/mol. The molecular weight excluding hydrogens is 250 g/mol. The Kier molecular flexibility index (Phi) is 4.10. The summed E-state index contributed by atoms with van der Waals surface area (Å²) in [6, 6.07) is 0.367. The molecule has 0 aromatic carbocycles. The summed E-state index contributed by atoms with van der Waals surface area (Å²) in [5.41, 5.74) is 0. The third kappa shape index (κ3) is 2.62. The van der Waals surface area contributed by atoms with Gasteiger partial charge in [0.05, 0.1) is 4.83 Å². The molecule has 4 heteroatoms. The minimum Gasteiger partial charge on any atom is -0.337 e. The number of thioether (sulfide) groups is 1. The molecule has 0 bridgehead atoms. The van der Waals surface area contributed by atoms with Gasteiger partial charge in [0.25, 0.3) is 0 Å². The van der Waals surface area contributed by atoms with Crippen molar-refractivity contribution in [3.8, 4) is 0 Å². The number of halogens is 1. The predicted octanol–water partition coefficient (Wildman–Crippen LogP) is 2.12. The standard InChI is InChI=1S/C9H16BrNOS/c1-6(10)9(12)11-4-5-13-8(3)7(11)2/h6-8H,4-5H2,1-3H3. The van der Waals surface area contributed by atoms with Crippen molar-refractivity contribution >= 4 is 33.6 Å². The smallest absolute Gasteiger partial charge is 0.236 e. The summed E-state index contributed by atoms with van der Waals surface area (Å²) < 4.78 is 0. The van der Waals surface area contributed by atoms with E-state index in [9.17, 15) is 4.79 Å². The van der Waals surface area contributed by atoms with E-state index < -0.39 is 0 Å². The molecule has 0 N–H and O–H groups in total. The maximum Gasteiger partial charge on any atom is 0.236 e. The van der Waals surface area contributed by atoms with Crippen LogP contribution in [0.25, 0.3) is 0 Å². The second-order valence-corrected chi connectivity index (χ2v) is 6.32. The summed E-state index contributed by atoms with van der Waals surface area (Å²) in [7, 11) is 0. The molecule has 1 rings (SSSR count). The van der Waals surface area contributed by atoms with E-state index in [0.29, 0.717) is 11.3 Å². The maximum atomic E-state index is 11.7. The van der Waals surface area contributed by atoms with E-state index in [1.54, 1.807) is 0 Å². The van der Waals surface area contributed by atoms with Gasteiger partial charge in [-0.1, -0.05) is 22.9 Å². The fourth-order valence-electron chi connectivity index (χ4n) is 1.47. The summed E-state index contributed by atoms with van der Waals surface area (Å²) >= 11 is 5.27. The molecule has 76 valence electrons. The van der Waals surface area contributed by atoms with E-state index in [1.807, 2.05) is 23.6 Å². The SMILES string of the molecule is CC(Br)C(=O)N1CCSC(C)C1C. The molecule has 1 amide bonds. The topological polar surface area (TPSA) is 20.3 Å². The molecule has 3 atom stereocenters. The second kappa shape index (κ2) is 4.69. The van der Waals surface area contributed by atoms with Crippen molar-refractivity contribution in [1.82, 2.24) is 4.90 Å². The second-order valence-electron chi connectivity index (χ2n) is 3.46. The van der Waals surface area contributed by atoms with Gasteiger partial charge in [0.1, 0.15) is 0 Å². The Bertz CT molecular complexity index is 198. The van der Waals surface area contributed by atoms with E-state index in [4.69, 9.17) is 0 Å². The van der Waals surface area contributed by atoms with Crippen LogP contribution in [0.2, 0.25) is 0 Å². The van der Waals surface area contributed by atoms with Crippen molar-refractivity contribution in [2.45, 2.75) is 36.9 Å². The lowest BCUT2D eigenvalue weighted by Crippen LogP contribution is -2.50. The van der Waals surface area contributed by atoms with E-state index in [-0.39, 0.29) is 10.7 Å². The normalized spacial score (nSPS) is 31.5. The van der Waals surface area contributed by atoms with Crippen LogP contribution in [0.3, 0.4) is 0 Å². The molecule has 1 aliphatic heterocycles. The zero-order valence-electron chi connectivity index (χ0n) is 8.29. The summed E-state index contributed by atoms with van der Waals surface area (Å²) in [4.78, 5) is 13.7. The van der Waals surface area contributed by atoms with Crippen molar-refractivity contribution in [3.05, 3.63) is 0 Å². The van der Waals surface area contributed by atoms with Gasteiger partial charge in [-0.2, -0.15) is 11.8 Å². The van der Waals surface area contributed by atoms with Crippen LogP contribution in [0.1, 0.15) is 20.8 Å². The van der Waals surface area contributed by atoms with Crippen LogP contribution in [0.4, 0.5) is 0 Å². The van der Waals surface area contributed by atoms with Gasteiger partial charge in [-0.05, 0) is 13.8 Å². The van der Waals surface area contributed by atoms with Gasteiger partial charge >= 0.3 is 0 Å². The van der Waals surface area contributed by atoms with Gasteiger partial charge in [-0.25, -0.2) is 0 Å². The van der Waals surface area contributed by atoms with Crippen LogP contribution >= 0.6 is 27.7 Å². The summed E-state index contributed by atoms with van der Waals surface area (Å²) in [5.74, 6) is 1.29. The fourth-order valence-corrected chi connectivity index (χ4v) is 2.83. The molecule has 0 spiro atoms. The molecule has 0 aromatic heterocycles. The Morgan fingerprint density at radius 2 is 2.23 bits per heavy atom. The summed E-state index contributed by atoms with van der Waals surface area (Å²) in [5, 5.41) is 0.559. The molecular formula is C9H16BrNOS. The first-order chi connectivity index (χ1) is 6.04. The molecule has 0 radical (unpaired) electrons. The number of hydrogen-bond acceptors (Lipinski definition) is 2. The quantitative estimate of drug-likeness (QED) is 0.678. The number of carbonyl (C=O) groups excluding carboxylic acids is 1. The highest BCUT2D eigenvalue weighted by Crippen LogP contribution is 2.25. The Morgan fingerprint density at radius 1 is 1.62 bits per heavy atom. The number of amides is 1. The Morgan fingerprint density at radius 3 is 2.77 bits per heavy atom. The molecule has 3 unspecified atom stereocenters. The number of rotatable bonds is 1. The van der Waals surface area contributed by atoms with Crippen molar-refractivity contribution in [3.63, 3.8) is 0 Å². The van der Waals surface area contributed by atoms with Crippen LogP contribution < -0.4 is 0 Å². The average Bonchev–Trinajstić information content (AvgIpc) is 2.08. The first kappa shape index (κ1) is 11.4. The maximum absolute atomic E-state index is 11.7. The van der Waals surface area contributed by atoms with Gasteiger partial charge in [-0.3, -0.25) is 4.79 Å². The highest BCUT2D eigenvalue weighted by atomic mass is 79.9. The lowest BCUT2D eigenvalue weighted by Gasteiger charge is -2.38. The number of nitrogens with zero attached hydrogens (tertiary/aromatic N) is 1. The van der Waals surface area contributed by atoms with Gasteiger partial charge in [-0.15, -0.1) is 0 Å². The van der Waals surface area contributed by atoms with Gasteiger partial charge in [0, 0.05) is 23.6 Å². The van der Waals surface area contributed by atoms with Crippen molar-refractivity contribution in [1.29, 1.82) is 0 Å². The first-order valence-corrected chi connectivity index (χ1v) is 6.56. The van der Waals surface area contributed by atoms with Crippen LogP contribution in [0.15, 0.2) is 0 Å². The zero-order chi connectivity index (χ0) is 10.0. The molecule has 0 aliphatic carbocycles. The zero-order valence-corrected chi connectivity index (χ0v) is 10.7. The van der Waals surface area contributed by atoms with Gasteiger partial charge < -0.3 is 4.90 Å². The minimum absolute atomic E-state index is 0.0507. The largest absolute Gasteiger partial charge is 0.337 e. The van der Waals surface area contributed by atoms with Gasteiger partial charge in [0.2, 0.25) is 5.91 Å². The van der Waals surface area contributed by atoms with Crippen LogP contribution in [0.5, 0.6) is 0 Å².